The topological polar surface area (TPSA) is 68.5 Å². The molecule has 2 aromatic rings. The summed E-state index contributed by atoms with van der Waals surface area (Å²) in [7, 11) is 0. The standard InChI is InChI=1S/C17H13NO4/c1-2-10-22-17(20)15(12-14-9-6-11-21-14)18-16(19)13-7-4-3-5-8-13/h1,3-9,11-12H,10H2,(H,18,19)/b15-12-. The lowest BCUT2D eigenvalue weighted by Gasteiger charge is -2.08. The molecule has 0 fully saturated rings. The van der Waals surface area contributed by atoms with Crippen molar-refractivity contribution in [2.24, 2.45) is 0 Å². The second-order valence-corrected chi connectivity index (χ2v) is 4.17. The van der Waals surface area contributed by atoms with E-state index in [4.69, 9.17) is 15.6 Å². The van der Waals surface area contributed by atoms with Crippen LogP contribution in [0, 0.1) is 12.3 Å². The third-order valence-electron chi connectivity index (χ3n) is 2.62. The Morgan fingerprint density at radius 2 is 2.00 bits per heavy atom. The molecule has 0 unspecified atom stereocenters. The van der Waals surface area contributed by atoms with Gasteiger partial charge in [0, 0.05) is 11.6 Å². The fraction of sp³-hybridized carbons (Fsp3) is 0.0588. The normalized spacial score (nSPS) is 10.6. The van der Waals surface area contributed by atoms with Crippen LogP contribution < -0.4 is 5.32 Å². The van der Waals surface area contributed by atoms with Crippen LogP contribution in [-0.2, 0) is 9.53 Å². The van der Waals surface area contributed by atoms with Crippen molar-refractivity contribution >= 4 is 18.0 Å². The van der Waals surface area contributed by atoms with E-state index in [1.807, 2.05) is 0 Å². The van der Waals surface area contributed by atoms with E-state index < -0.39 is 11.9 Å². The molecule has 0 aliphatic heterocycles. The minimum Gasteiger partial charge on any atom is -0.465 e. The average Bonchev–Trinajstić information content (AvgIpc) is 3.05. The number of benzene rings is 1. The Labute approximate surface area is 127 Å². The number of furan rings is 1. The number of hydrogen-bond acceptors (Lipinski definition) is 4. The minimum absolute atomic E-state index is 0.0564. The zero-order valence-corrected chi connectivity index (χ0v) is 11.6. The molecule has 1 heterocycles. The molecule has 5 heteroatoms. The molecule has 0 atom stereocenters. The molecule has 5 nitrogen and oxygen atoms in total. The van der Waals surface area contributed by atoms with Crippen molar-refractivity contribution in [2.75, 3.05) is 6.61 Å². The summed E-state index contributed by atoms with van der Waals surface area (Å²) in [5.41, 5.74) is 0.358. The van der Waals surface area contributed by atoms with Crippen molar-refractivity contribution in [2.45, 2.75) is 0 Å². The van der Waals surface area contributed by atoms with Gasteiger partial charge >= 0.3 is 5.97 Å². The summed E-state index contributed by atoms with van der Waals surface area (Å²) in [6.45, 7) is -0.185. The molecule has 0 aliphatic carbocycles. The SMILES string of the molecule is C#CCOC(=O)/C(=C/c1ccco1)NC(=O)c1ccccc1. The number of esters is 1. The molecule has 1 N–H and O–H groups in total. The Morgan fingerprint density at radius 3 is 2.64 bits per heavy atom. The summed E-state index contributed by atoms with van der Waals surface area (Å²) >= 11 is 0. The van der Waals surface area contributed by atoms with Gasteiger partial charge in [0.05, 0.1) is 6.26 Å². The van der Waals surface area contributed by atoms with E-state index in [2.05, 4.69) is 11.2 Å². The first-order valence-electron chi connectivity index (χ1n) is 6.43. The Balaban J connectivity index is 2.20. The Bertz CT molecular complexity index is 709. The number of terminal acetylenes is 1. The maximum absolute atomic E-state index is 12.1. The molecule has 22 heavy (non-hydrogen) atoms. The Morgan fingerprint density at radius 1 is 1.23 bits per heavy atom. The summed E-state index contributed by atoms with van der Waals surface area (Å²) < 4.78 is 9.97. The number of amides is 1. The molecule has 2 rings (SSSR count). The van der Waals surface area contributed by atoms with Gasteiger partial charge in [0.1, 0.15) is 11.5 Å². The zero-order chi connectivity index (χ0) is 15.8. The van der Waals surface area contributed by atoms with E-state index >= 15 is 0 Å². The molecule has 0 spiro atoms. The van der Waals surface area contributed by atoms with Crippen molar-refractivity contribution in [3.8, 4) is 12.3 Å². The second kappa shape index (κ2) is 7.50. The average molecular weight is 295 g/mol. The first-order valence-corrected chi connectivity index (χ1v) is 6.43. The third-order valence-corrected chi connectivity index (χ3v) is 2.62. The van der Waals surface area contributed by atoms with Gasteiger partial charge in [-0.1, -0.05) is 24.1 Å². The number of carbonyl (C=O) groups excluding carboxylic acids is 2. The lowest BCUT2D eigenvalue weighted by molar-refractivity contribution is -0.137. The van der Waals surface area contributed by atoms with Crippen LogP contribution in [0.1, 0.15) is 16.1 Å². The lowest BCUT2D eigenvalue weighted by atomic mass is 10.2. The Hall–Kier alpha value is -3.26. The van der Waals surface area contributed by atoms with Crippen LogP contribution in [0.25, 0.3) is 6.08 Å². The van der Waals surface area contributed by atoms with Gasteiger partial charge in [0.2, 0.25) is 0 Å². The largest absolute Gasteiger partial charge is 0.465 e. The van der Waals surface area contributed by atoms with Gasteiger partial charge in [-0.2, -0.15) is 0 Å². The van der Waals surface area contributed by atoms with Crippen LogP contribution in [0.2, 0.25) is 0 Å². The van der Waals surface area contributed by atoms with Gasteiger partial charge in [-0.05, 0) is 24.3 Å². The van der Waals surface area contributed by atoms with Gasteiger partial charge < -0.3 is 14.5 Å². The van der Waals surface area contributed by atoms with E-state index in [0.717, 1.165) is 0 Å². The number of nitrogens with one attached hydrogen (secondary N) is 1. The smallest absolute Gasteiger partial charge is 0.355 e. The van der Waals surface area contributed by atoms with Gasteiger partial charge in [0.15, 0.2) is 6.61 Å². The molecule has 0 saturated carbocycles. The summed E-state index contributed by atoms with van der Waals surface area (Å²) in [5, 5.41) is 2.50. The summed E-state index contributed by atoms with van der Waals surface area (Å²) in [4.78, 5) is 24.1. The predicted octanol–water partition coefficient (Wildman–Crippen LogP) is 2.23. The molecular formula is C17H13NO4. The van der Waals surface area contributed by atoms with Crippen molar-refractivity contribution in [1.29, 1.82) is 0 Å². The van der Waals surface area contributed by atoms with Crippen molar-refractivity contribution in [1.82, 2.24) is 5.32 Å². The molecule has 1 aromatic heterocycles. The van der Waals surface area contributed by atoms with Gasteiger partial charge in [-0.15, -0.1) is 6.42 Å². The first-order chi connectivity index (χ1) is 10.7. The number of rotatable bonds is 5. The molecule has 1 aromatic carbocycles. The first kappa shape index (κ1) is 15.1. The lowest BCUT2D eigenvalue weighted by Crippen LogP contribution is -2.28. The maximum atomic E-state index is 12.1. The highest BCUT2D eigenvalue weighted by molar-refractivity contribution is 6.03. The Kier molecular flexibility index (Phi) is 5.16. The number of carbonyl (C=O) groups is 2. The van der Waals surface area contributed by atoms with Crippen LogP contribution in [0.3, 0.4) is 0 Å². The van der Waals surface area contributed by atoms with E-state index in [1.54, 1.807) is 42.5 Å². The van der Waals surface area contributed by atoms with Crippen LogP contribution >= 0.6 is 0 Å². The highest BCUT2D eigenvalue weighted by atomic mass is 16.5. The molecule has 1 amide bonds. The molecule has 0 aliphatic rings. The molecule has 0 saturated heterocycles. The third kappa shape index (κ3) is 4.12. The molecular weight excluding hydrogens is 282 g/mol. The van der Waals surface area contributed by atoms with Crippen molar-refractivity contribution in [3.05, 3.63) is 65.7 Å². The highest BCUT2D eigenvalue weighted by Crippen LogP contribution is 2.08. The second-order valence-electron chi connectivity index (χ2n) is 4.17. The predicted molar refractivity (Wildman–Crippen MR) is 80.4 cm³/mol. The highest BCUT2D eigenvalue weighted by Gasteiger charge is 2.16. The van der Waals surface area contributed by atoms with Gasteiger partial charge in [-0.3, -0.25) is 4.79 Å². The van der Waals surface area contributed by atoms with Crippen LogP contribution in [-0.4, -0.2) is 18.5 Å². The van der Waals surface area contributed by atoms with E-state index in [0.29, 0.717) is 11.3 Å². The van der Waals surface area contributed by atoms with E-state index in [9.17, 15) is 9.59 Å². The van der Waals surface area contributed by atoms with Gasteiger partial charge in [0.25, 0.3) is 5.91 Å². The van der Waals surface area contributed by atoms with Crippen LogP contribution in [0.15, 0.2) is 58.8 Å². The van der Waals surface area contributed by atoms with Crippen LogP contribution in [0.4, 0.5) is 0 Å². The monoisotopic (exact) mass is 295 g/mol. The van der Waals surface area contributed by atoms with E-state index in [-0.39, 0.29) is 12.3 Å². The maximum Gasteiger partial charge on any atom is 0.355 e. The minimum atomic E-state index is -0.737. The fourth-order valence-electron chi connectivity index (χ4n) is 1.63. The number of ether oxygens (including phenoxy) is 1. The van der Waals surface area contributed by atoms with Crippen molar-refractivity contribution < 1.29 is 18.7 Å². The molecule has 0 bridgehead atoms. The zero-order valence-electron chi connectivity index (χ0n) is 11.6. The fourth-order valence-corrected chi connectivity index (χ4v) is 1.63. The number of hydrogen-bond donors (Lipinski definition) is 1. The molecule has 110 valence electrons. The summed E-state index contributed by atoms with van der Waals surface area (Å²) in [6.07, 6.45) is 7.88. The summed E-state index contributed by atoms with van der Waals surface area (Å²) in [6, 6.07) is 11.8. The summed E-state index contributed by atoms with van der Waals surface area (Å²) in [5.74, 6) is 1.42. The van der Waals surface area contributed by atoms with Crippen molar-refractivity contribution in [3.63, 3.8) is 0 Å². The quantitative estimate of drug-likeness (QED) is 0.522. The molecule has 0 radical (unpaired) electrons. The van der Waals surface area contributed by atoms with Crippen LogP contribution in [0.5, 0.6) is 0 Å². The van der Waals surface area contributed by atoms with E-state index in [1.165, 1.54) is 12.3 Å². The van der Waals surface area contributed by atoms with Gasteiger partial charge in [-0.25, -0.2) is 4.79 Å².